The van der Waals surface area contributed by atoms with Crippen molar-refractivity contribution in [3.63, 3.8) is 0 Å². The van der Waals surface area contributed by atoms with Crippen molar-refractivity contribution in [2.45, 2.75) is 45.4 Å². The third-order valence-corrected chi connectivity index (χ3v) is 6.98. The van der Waals surface area contributed by atoms with E-state index in [0.717, 1.165) is 0 Å². The lowest BCUT2D eigenvalue weighted by Gasteiger charge is -2.55. The van der Waals surface area contributed by atoms with Gasteiger partial charge in [0.1, 0.15) is 0 Å². The third-order valence-electron chi connectivity index (χ3n) is 6.98. The van der Waals surface area contributed by atoms with E-state index >= 15 is 8.78 Å². The Morgan fingerprint density at radius 2 is 1.78 bits per heavy atom. The zero-order valence-electron chi connectivity index (χ0n) is 19.9. The van der Waals surface area contributed by atoms with Gasteiger partial charge in [0, 0.05) is 18.5 Å². The van der Waals surface area contributed by atoms with E-state index in [2.05, 4.69) is 21.2 Å². The highest BCUT2D eigenvalue weighted by atomic mass is 19.2. The summed E-state index contributed by atoms with van der Waals surface area (Å²) in [5, 5.41) is 8.54. The monoisotopic (exact) mass is 497 g/mol. The lowest BCUT2D eigenvalue weighted by atomic mass is 9.66. The minimum absolute atomic E-state index is 0.0183. The van der Waals surface area contributed by atoms with Crippen molar-refractivity contribution >= 4 is 34.9 Å². The summed E-state index contributed by atoms with van der Waals surface area (Å²) in [6.07, 6.45) is -1.32. The molecule has 9 nitrogen and oxygen atoms in total. The Bertz CT molecular complexity index is 1280. The number of carbonyl (C=O) groups excluding carboxylic acids is 3. The molecule has 11 heteroatoms. The number of hydrazone groups is 1. The number of fused-ring (bicyclic) bond motifs is 4. The number of carbonyl (C=O) groups is 3. The van der Waals surface area contributed by atoms with Gasteiger partial charge in [0.15, 0.2) is 17.0 Å². The molecule has 0 bridgehead atoms. The Kier molecular flexibility index (Phi) is 5.74. The van der Waals surface area contributed by atoms with Gasteiger partial charge in [0.25, 0.3) is 0 Å². The number of benzene rings is 2. The van der Waals surface area contributed by atoms with Gasteiger partial charge < -0.3 is 9.64 Å². The summed E-state index contributed by atoms with van der Waals surface area (Å²) in [5.41, 5.74) is 1.99. The van der Waals surface area contributed by atoms with E-state index in [-0.39, 0.29) is 41.6 Å². The van der Waals surface area contributed by atoms with Crippen molar-refractivity contribution < 1.29 is 27.9 Å². The van der Waals surface area contributed by atoms with Crippen LogP contribution in [0.4, 0.5) is 25.0 Å². The number of urea groups is 1. The maximum atomic E-state index is 15.7. The van der Waals surface area contributed by atoms with Crippen molar-refractivity contribution in [2.24, 2.45) is 10.5 Å². The van der Waals surface area contributed by atoms with Crippen LogP contribution in [-0.4, -0.2) is 48.4 Å². The van der Waals surface area contributed by atoms with E-state index in [1.54, 1.807) is 38.1 Å². The molecule has 2 fully saturated rings. The van der Waals surface area contributed by atoms with Crippen molar-refractivity contribution in [2.75, 3.05) is 16.9 Å². The Morgan fingerprint density at radius 1 is 1.11 bits per heavy atom. The number of rotatable bonds is 3. The molecule has 36 heavy (non-hydrogen) atoms. The quantitative estimate of drug-likeness (QED) is 0.342. The predicted octanol–water partition coefficient (Wildman–Crippen LogP) is 2.69. The molecule has 0 saturated carbocycles. The third kappa shape index (κ3) is 3.62. The second-order valence-corrected chi connectivity index (χ2v) is 9.37. The molecule has 1 spiro atoms. The fourth-order valence-electron chi connectivity index (χ4n) is 5.52. The molecule has 3 N–H and O–H groups in total. The number of amides is 4. The number of ether oxygens (including phenoxy) is 1. The largest absolute Gasteiger partial charge is 0.372 e. The summed E-state index contributed by atoms with van der Waals surface area (Å²) in [4.78, 5) is 39.8. The molecule has 2 aromatic rings. The van der Waals surface area contributed by atoms with Crippen molar-refractivity contribution in [3.05, 3.63) is 59.2 Å². The Morgan fingerprint density at radius 3 is 2.44 bits per heavy atom. The van der Waals surface area contributed by atoms with Crippen LogP contribution in [0.1, 0.15) is 31.9 Å². The van der Waals surface area contributed by atoms with Gasteiger partial charge in [0.05, 0.1) is 35.3 Å². The van der Waals surface area contributed by atoms with Crippen LogP contribution < -0.4 is 21.0 Å². The molecule has 4 amide bonds. The summed E-state index contributed by atoms with van der Waals surface area (Å²) >= 11 is 0. The van der Waals surface area contributed by atoms with E-state index in [4.69, 9.17) is 4.74 Å². The lowest BCUT2D eigenvalue weighted by molar-refractivity contribution is -0.153. The summed E-state index contributed by atoms with van der Waals surface area (Å²) in [6, 6.07) is 8.52. The molecular formula is C25H25F2N5O4. The Hall–Kier alpha value is -3.86. The Labute approximate surface area is 205 Å². The van der Waals surface area contributed by atoms with Gasteiger partial charge in [0.2, 0.25) is 11.8 Å². The zero-order chi connectivity index (χ0) is 25.8. The van der Waals surface area contributed by atoms with Crippen LogP contribution >= 0.6 is 0 Å². The fraction of sp³-hybridized carbons (Fsp3) is 0.360. The Balaban J connectivity index is 1.64. The van der Waals surface area contributed by atoms with Crippen LogP contribution in [0.5, 0.6) is 0 Å². The normalized spacial score (nSPS) is 25.1. The summed E-state index contributed by atoms with van der Waals surface area (Å²) < 4.78 is 37.0. The van der Waals surface area contributed by atoms with Crippen LogP contribution in [-0.2, 0) is 20.7 Å². The van der Waals surface area contributed by atoms with E-state index in [1.165, 1.54) is 17.9 Å². The van der Waals surface area contributed by atoms with Gasteiger partial charge >= 0.3 is 6.03 Å². The van der Waals surface area contributed by atoms with Gasteiger partial charge in [-0.15, -0.1) is 0 Å². The summed E-state index contributed by atoms with van der Waals surface area (Å²) in [5.74, 6) is -3.78. The lowest BCUT2D eigenvalue weighted by Crippen LogP contribution is -2.75. The highest BCUT2D eigenvalue weighted by Gasteiger charge is 2.63. The number of nitrogens with zero attached hydrogens (tertiary/aromatic N) is 2. The number of hydrogen-bond acceptors (Lipinski definition) is 7. The van der Waals surface area contributed by atoms with Crippen LogP contribution in [0.3, 0.4) is 0 Å². The number of hydrogen-bond donors (Lipinski definition) is 3. The van der Waals surface area contributed by atoms with Crippen molar-refractivity contribution in [3.8, 4) is 0 Å². The molecule has 0 aromatic heterocycles. The summed E-state index contributed by atoms with van der Waals surface area (Å²) in [6.45, 7) is 5.09. The molecule has 5 rings (SSSR count). The van der Waals surface area contributed by atoms with Gasteiger partial charge in [-0.1, -0.05) is 18.2 Å². The minimum atomic E-state index is -1.78. The SMILES string of the molecule is C/C(=N\Nc1ccccc1)c1cc2c(c(F)c1F)N1C[C@@H](C)O[C@@H](C)[C@@H]1C1(C2)C(=O)NC(=O)NC1=O. The van der Waals surface area contributed by atoms with E-state index in [1.807, 2.05) is 6.07 Å². The smallest absolute Gasteiger partial charge is 0.328 e. The van der Waals surface area contributed by atoms with Crippen LogP contribution in [0.25, 0.3) is 0 Å². The number of imide groups is 2. The molecule has 2 aromatic carbocycles. The molecule has 3 aliphatic rings. The number of halogens is 2. The second-order valence-electron chi connectivity index (χ2n) is 9.37. The molecule has 188 valence electrons. The first kappa shape index (κ1) is 23.9. The van der Waals surface area contributed by atoms with E-state index in [0.29, 0.717) is 5.69 Å². The van der Waals surface area contributed by atoms with Crippen molar-refractivity contribution in [1.29, 1.82) is 0 Å². The first-order valence-corrected chi connectivity index (χ1v) is 11.6. The first-order valence-electron chi connectivity index (χ1n) is 11.6. The highest BCUT2D eigenvalue weighted by Crippen LogP contribution is 2.48. The van der Waals surface area contributed by atoms with Gasteiger partial charge in [-0.05, 0) is 44.5 Å². The van der Waals surface area contributed by atoms with E-state index < -0.39 is 47.0 Å². The summed E-state index contributed by atoms with van der Waals surface area (Å²) in [7, 11) is 0. The number of barbiturate groups is 1. The molecular weight excluding hydrogens is 472 g/mol. The minimum Gasteiger partial charge on any atom is -0.372 e. The maximum Gasteiger partial charge on any atom is 0.328 e. The molecule has 0 unspecified atom stereocenters. The predicted molar refractivity (Wildman–Crippen MR) is 128 cm³/mol. The van der Waals surface area contributed by atoms with Gasteiger partial charge in [-0.25, -0.2) is 13.6 Å². The molecule has 0 radical (unpaired) electrons. The standard InChI is InChI=1S/C25H25F2N5O4/c1-12-11-32-20-15(10-25(21(32)14(3)36-12)22(33)28-24(35)29-23(25)34)9-17(18(26)19(20)27)13(2)30-31-16-7-5-4-6-8-16/h4-9,12,14,21,31H,10-11H2,1-3H3,(H2,28,29,33,34,35)/b30-13+/t12-,14+,21-/m1/s1. The molecule has 2 saturated heterocycles. The topological polar surface area (TPSA) is 112 Å². The molecule has 3 aliphatic heterocycles. The van der Waals surface area contributed by atoms with Crippen molar-refractivity contribution in [1.82, 2.24) is 10.6 Å². The number of morpholine rings is 1. The zero-order valence-corrected chi connectivity index (χ0v) is 19.9. The van der Waals surface area contributed by atoms with Gasteiger partial charge in [-0.3, -0.25) is 25.6 Å². The van der Waals surface area contributed by atoms with Crippen LogP contribution in [0.2, 0.25) is 0 Å². The highest BCUT2D eigenvalue weighted by molar-refractivity contribution is 6.20. The number of nitrogens with one attached hydrogen (secondary N) is 3. The van der Waals surface area contributed by atoms with Crippen LogP contribution in [0, 0.1) is 17.0 Å². The number of anilines is 2. The fourth-order valence-corrected chi connectivity index (χ4v) is 5.52. The van der Waals surface area contributed by atoms with Gasteiger partial charge in [-0.2, -0.15) is 5.10 Å². The molecule has 3 heterocycles. The van der Waals surface area contributed by atoms with E-state index in [9.17, 15) is 14.4 Å². The first-order chi connectivity index (χ1) is 17.1. The second kappa shape index (κ2) is 8.66. The number of para-hydroxylation sites is 1. The molecule has 3 atom stereocenters. The molecule has 0 aliphatic carbocycles. The van der Waals surface area contributed by atoms with Crippen LogP contribution in [0.15, 0.2) is 41.5 Å². The maximum absolute atomic E-state index is 15.7. The average molecular weight is 498 g/mol. The average Bonchev–Trinajstić information content (AvgIpc) is 2.83.